The zero-order chi connectivity index (χ0) is 15.1. The molecule has 2 rings (SSSR count). The molecule has 1 aromatic carbocycles. The van der Waals surface area contributed by atoms with Crippen molar-refractivity contribution >= 4 is 29.0 Å². The summed E-state index contributed by atoms with van der Waals surface area (Å²) in [5.41, 5.74) is 1.05. The Morgan fingerprint density at radius 3 is 2.67 bits per heavy atom. The van der Waals surface area contributed by atoms with Gasteiger partial charge in [0.1, 0.15) is 0 Å². The highest BCUT2D eigenvalue weighted by Crippen LogP contribution is 2.23. The summed E-state index contributed by atoms with van der Waals surface area (Å²) in [4.78, 5) is 11.8. The molecule has 0 saturated heterocycles. The zero-order valence-electron chi connectivity index (χ0n) is 11.8. The van der Waals surface area contributed by atoms with Crippen LogP contribution in [0.25, 0.3) is 0 Å². The molecule has 6 heteroatoms. The molecule has 0 bridgehead atoms. The van der Waals surface area contributed by atoms with Gasteiger partial charge >= 0.3 is 0 Å². The smallest absolute Gasteiger partial charge is 0.271 e. The number of unbranched alkanes of at least 4 members (excludes halogenated alkanes) is 1. The van der Waals surface area contributed by atoms with Crippen molar-refractivity contribution in [1.29, 1.82) is 0 Å². The standard InChI is InChI=1S/C15H17ClN4O/c1-2-3-10-17-15(21)13-8-9-14(20-19-13)18-12-7-5-4-6-11(12)16/h4-9H,2-3,10H2,1H3,(H,17,21)(H,18,20). The topological polar surface area (TPSA) is 66.9 Å². The van der Waals surface area contributed by atoms with Gasteiger partial charge in [0.05, 0.1) is 10.7 Å². The van der Waals surface area contributed by atoms with Crippen LogP contribution < -0.4 is 10.6 Å². The van der Waals surface area contributed by atoms with Crippen LogP contribution in [0, 0.1) is 0 Å². The van der Waals surface area contributed by atoms with E-state index in [1.807, 2.05) is 18.2 Å². The maximum absolute atomic E-state index is 11.8. The number of anilines is 2. The number of nitrogens with zero attached hydrogens (tertiary/aromatic N) is 2. The molecular formula is C15H17ClN4O. The van der Waals surface area contributed by atoms with Gasteiger partial charge < -0.3 is 10.6 Å². The SMILES string of the molecule is CCCCNC(=O)c1ccc(Nc2ccccc2Cl)nn1. The van der Waals surface area contributed by atoms with Crippen LogP contribution in [-0.4, -0.2) is 22.6 Å². The molecule has 110 valence electrons. The second-order valence-electron chi connectivity index (χ2n) is 4.52. The third-order valence-corrected chi connectivity index (χ3v) is 3.18. The van der Waals surface area contributed by atoms with Crippen molar-refractivity contribution in [3.8, 4) is 0 Å². The van der Waals surface area contributed by atoms with E-state index in [1.54, 1.807) is 18.2 Å². The normalized spacial score (nSPS) is 10.2. The number of aromatic nitrogens is 2. The van der Waals surface area contributed by atoms with Crippen molar-refractivity contribution in [2.24, 2.45) is 0 Å². The highest BCUT2D eigenvalue weighted by Gasteiger charge is 2.08. The molecule has 5 nitrogen and oxygen atoms in total. The van der Waals surface area contributed by atoms with Crippen LogP contribution in [0.5, 0.6) is 0 Å². The summed E-state index contributed by atoms with van der Waals surface area (Å²) >= 11 is 6.05. The van der Waals surface area contributed by atoms with Crippen molar-refractivity contribution in [1.82, 2.24) is 15.5 Å². The summed E-state index contributed by atoms with van der Waals surface area (Å²) in [5.74, 6) is 0.327. The summed E-state index contributed by atoms with van der Waals surface area (Å²) in [6.45, 7) is 2.72. The van der Waals surface area contributed by atoms with Gasteiger partial charge in [0, 0.05) is 6.54 Å². The van der Waals surface area contributed by atoms with Gasteiger partial charge in [-0.3, -0.25) is 4.79 Å². The van der Waals surface area contributed by atoms with Crippen LogP contribution >= 0.6 is 11.6 Å². The van der Waals surface area contributed by atoms with Gasteiger partial charge in [0.25, 0.3) is 5.91 Å². The van der Waals surface area contributed by atoms with E-state index in [1.165, 1.54) is 0 Å². The van der Waals surface area contributed by atoms with Crippen LogP contribution in [0.2, 0.25) is 5.02 Å². The molecule has 1 amide bonds. The van der Waals surface area contributed by atoms with E-state index in [2.05, 4.69) is 27.8 Å². The van der Waals surface area contributed by atoms with Crippen LogP contribution in [-0.2, 0) is 0 Å². The Labute approximate surface area is 128 Å². The lowest BCUT2D eigenvalue weighted by molar-refractivity contribution is 0.0947. The number of amides is 1. The van der Waals surface area contributed by atoms with Gasteiger partial charge in [-0.2, -0.15) is 0 Å². The number of nitrogens with one attached hydrogen (secondary N) is 2. The van der Waals surface area contributed by atoms with Gasteiger partial charge in [0.2, 0.25) is 0 Å². The first kappa shape index (κ1) is 15.3. The van der Waals surface area contributed by atoms with E-state index in [9.17, 15) is 4.79 Å². The van der Waals surface area contributed by atoms with Crippen molar-refractivity contribution in [3.63, 3.8) is 0 Å². The average molecular weight is 305 g/mol. The highest BCUT2D eigenvalue weighted by atomic mass is 35.5. The summed E-state index contributed by atoms with van der Waals surface area (Å²) in [5, 5.41) is 14.3. The van der Waals surface area contributed by atoms with Gasteiger partial charge in [0.15, 0.2) is 11.5 Å². The molecule has 0 saturated carbocycles. The van der Waals surface area contributed by atoms with E-state index >= 15 is 0 Å². The maximum atomic E-state index is 11.8. The predicted octanol–water partition coefficient (Wildman–Crippen LogP) is 3.40. The van der Waals surface area contributed by atoms with Gasteiger partial charge in [-0.1, -0.05) is 37.1 Å². The Balaban J connectivity index is 1.99. The fraction of sp³-hybridized carbons (Fsp3) is 0.267. The summed E-state index contributed by atoms with van der Waals surface area (Å²) in [7, 11) is 0. The number of rotatable bonds is 6. The van der Waals surface area contributed by atoms with Gasteiger partial charge in [-0.15, -0.1) is 10.2 Å². The number of carbonyl (C=O) groups is 1. The Bertz CT molecular complexity index is 601. The molecule has 2 N–H and O–H groups in total. The molecular weight excluding hydrogens is 288 g/mol. The van der Waals surface area contributed by atoms with Crippen LogP contribution in [0.3, 0.4) is 0 Å². The monoisotopic (exact) mass is 304 g/mol. The van der Waals surface area contributed by atoms with Gasteiger partial charge in [-0.25, -0.2) is 0 Å². The highest BCUT2D eigenvalue weighted by molar-refractivity contribution is 6.33. The number of carbonyl (C=O) groups excluding carboxylic acids is 1. The molecule has 1 heterocycles. The Morgan fingerprint density at radius 2 is 2.00 bits per heavy atom. The fourth-order valence-electron chi connectivity index (χ4n) is 1.69. The zero-order valence-corrected chi connectivity index (χ0v) is 12.5. The van der Waals surface area contributed by atoms with Crippen LogP contribution in [0.15, 0.2) is 36.4 Å². The Morgan fingerprint density at radius 1 is 1.19 bits per heavy atom. The first-order valence-electron chi connectivity index (χ1n) is 6.84. The molecule has 0 unspecified atom stereocenters. The molecule has 21 heavy (non-hydrogen) atoms. The minimum Gasteiger partial charge on any atom is -0.351 e. The van der Waals surface area contributed by atoms with Crippen molar-refractivity contribution in [2.45, 2.75) is 19.8 Å². The molecule has 0 spiro atoms. The third kappa shape index (κ3) is 4.43. The maximum Gasteiger partial charge on any atom is 0.271 e. The Kier molecular flexibility index (Phi) is 5.51. The second-order valence-corrected chi connectivity index (χ2v) is 4.93. The first-order valence-corrected chi connectivity index (χ1v) is 7.22. The van der Waals surface area contributed by atoms with Crippen molar-refractivity contribution in [2.75, 3.05) is 11.9 Å². The number of hydrogen-bond acceptors (Lipinski definition) is 4. The van der Waals surface area contributed by atoms with Crippen LogP contribution in [0.4, 0.5) is 11.5 Å². The molecule has 0 atom stereocenters. The lowest BCUT2D eigenvalue weighted by atomic mass is 10.3. The summed E-state index contributed by atoms with van der Waals surface area (Å²) in [6.07, 6.45) is 1.98. The number of halogens is 1. The van der Waals surface area contributed by atoms with Gasteiger partial charge in [-0.05, 0) is 30.7 Å². The minimum atomic E-state index is -0.208. The number of para-hydroxylation sites is 1. The molecule has 1 aromatic heterocycles. The quantitative estimate of drug-likeness (QED) is 0.803. The third-order valence-electron chi connectivity index (χ3n) is 2.85. The molecule has 0 aliphatic heterocycles. The molecule has 0 radical (unpaired) electrons. The van der Waals surface area contributed by atoms with Crippen LogP contribution in [0.1, 0.15) is 30.3 Å². The number of benzene rings is 1. The largest absolute Gasteiger partial charge is 0.351 e. The van der Waals surface area contributed by atoms with E-state index in [0.717, 1.165) is 18.5 Å². The lowest BCUT2D eigenvalue weighted by Crippen LogP contribution is -2.25. The fourth-order valence-corrected chi connectivity index (χ4v) is 1.87. The molecule has 0 aliphatic carbocycles. The van der Waals surface area contributed by atoms with E-state index in [0.29, 0.717) is 23.1 Å². The Hall–Kier alpha value is -2.14. The second kappa shape index (κ2) is 7.59. The predicted molar refractivity (Wildman–Crippen MR) is 84.0 cm³/mol. The van der Waals surface area contributed by atoms with Crippen molar-refractivity contribution < 1.29 is 4.79 Å². The summed E-state index contributed by atoms with van der Waals surface area (Å²) < 4.78 is 0. The molecule has 0 aliphatic rings. The number of hydrogen-bond donors (Lipinski definition) is 2. The van der Waals surface area contributed by atoms with Crippen molar-refractivity contribution in [3.05, 3.63) is 47.1 Å². The first-order chi connectivity index (χ1) is 10.2. The molecule has 0 fully saturated rings. The van der Waals surface area contributed by atoms with E-state index in [4.69, 9.17) is 11.6 Å². The van der Waals surface area contributed by atoms with E-state index < -0.39 is 0 Å². The lowest BCUT2D eigenvalue weighted by Gasteiger charge is -2.07. The summed E-state index contributed by atoms with van der Waals surface area (Å²) in [6, 6.07) is 10.7. The van der Waals surface area contributed by atoms with E-state index in [-0.39, 0.29) is 5.91 Å². The minimum absolute atomic E-state index is 0.208. The molecule has 2 aromatic rings. The average Bonchev–Trinajstić information content (AvgIpc) is 2.50.